The maximum atomic E-state index is 13.7. The molecule has 0 saturated carbocycles. The molecule has 0 radical (unpaired) electrons. The second-order valence-corrected chi connectivity index (χ2v) is 8.36. The van der Waals surface area contributed by atoms with Crippen molar-refractivity contribution in [2.24, 2.45) is 0 Å². The summed E-state index contributed by atoms with van der Waals surface area (Å²) in [5.74, 6) is -3.07. The van der Waals surface area contributed by atoms with Gasteiger partial charge in [-0.05, 0) is 25.1 Å². The molecule has 0 unspecified atom stereocenters. The predicted octanol–water partition coefficient (Wildman–Crippen LogP) is 3.66. The molecular formula is C21H19FO7S. The summed E-state index contributed by atoms with van der Waals surface area (Å²) >= 11 is 0. The highest BCUT2D eigenvalue weighted by Crippen LogP contribution is 2.27. The number of benzene rings is 2. The zero-order valence-electron chi connectivity index (χ0n) is 16.1. The monoisotopic (exact) mass is 434 g/mol. The Morgan fingerprint density at radius 1 is 1.03 bits per heavy atom. The highest BCUT2D eigenvalue weighted by atomic mass is 32.2. The molecular weight excluding hydrogens is 415 g/mol. The van der Waals surface area contributed by atoms with Crippen LogP contribution in [0.2, 0.25) is 0 Å². The van der Waals surface area contributed by atoms with E-state index in [-0.39, 0.29) is 19.0 Å². The molecule has 30 heavy (non-hydrogen) atoms. The highest BCUT2D eigenvalue weighted by Gasteiger charge is 2.24. The quantitative estimate of drug-likeness (QED) is 0.499. The maximum Gasteiger partial charge on any atom is 0.374 e. The van der Waals surface area contributed by atoms with E-state index < -0.39 is 44.7 Å². The summed E-state index contributed by atoms with van der Waals surface area (Å²) in [4.78, 5) is 23.8. The average Bonchev–Trinajstić information content (AvgIpc) is 3.10. The van der Waals surface area contributed by atoms with Crippen molar-refractivity contribution in [1.29, 1.82) is 0 Å². The van der Waals surface area contributed by atoms with E-state index in [0.29, 0.717) is 16.5 Å². The molecule has 1 aromatic heterocycles. The number of fused-ring (bicyclic) bond motifs is 1. The van der Waals surface area contributed by atoms with Gasteiger partial charge in [-0.25, -0.2) is 17.6 Å². The third-order valence-corrected chi connectivity index (χ3v) is 6.03. The molecule has 3 rings (SSSR count). The fraction of sp³-hybridized carbons (Fsp3) is 0.238. The van der Waals surface area contributed by atoms with Gasteiger partial charge in [0.15, 0.2) is 9.84 Å². The Morgan fingerprint density at radius 3 is 2.47 bits per heavy atom. The molecule has 0 N–H and O–H groups in total. The van der Waals surface area contributed by atoms with Crippen molar-refractivity contribution in [2.75, 3.05) is 12.4 Å². The minimum atomic E-state index is -3.99. The molecule has 3 aromatic rings. The number of esters is 2. The fourth-order valence-electron chi connectivity index (χ4n) is 2.85. The number of carbonyl (C=O) groups excluding carboxylic acids is 2. The first-order chi connectivity index (χ1) is 14.3. The number of ether oxygens (including phenoxy) is 2. The molecule has 0 amide bonds. The van der Waals surface area contributed by atoms with Gasteiger partial charge >= 0.3 is 11.9 Å². The third kappa shape index (κ3) is 4.68. The van der Waals surface area contributed by atoms with Crippen LogP contribution < -0.4 is 0 Å². The Morgan fingerprint density at radius 2 is 1.73 bits per heavy atom. The Kier molecular flexibility index (Phi) is 6.51. The molecule has 2 aromatic carbocycles. The van der Waals surface area contributed by atoms with Crippen molar-refractivity contribution in [3.63, 3.8) is 0 Å². The topological polar surface area (TPSA) is 99.9 Å². The van der Waals surface area contributed by atoms with Crippen LogP contribution in [0.15, 0.2) is 57.8 Å². The van der Waals surface area contributed by atoms with E-state index >= 15 is 0 Å². The van der Waals surface area contributed by atoms with E-state index in [4.69, 9.17) is 13.9 Å². The maximum absolute atomic E-state index is 13.7. The van der Waals surface area contributed by atoms with Crippen LogP contribution in [0.4, 0.5) is 4.39 Å². The lowest BCUT2D eigenvalue weighted by Gasteiger charge is -2.07. The number of hydrogen-bond acceptors (Lipinski definition) is 7. The Bertz CT molecular complexity index is 1180. The minimum absolute atomic E-state index is 0.0789. The molecule has 0 saturated heterocycles. The van der Waals surface area contributed by atoms with Gasteiger partial charge < -0.3 is 13.9 Å². The van der Waals surface area contributed by atoms with E-state index in [1.54, 1.807) is 31.2 Å². The number of hydrogen-bond donors (Lipinski definition) is 0. The summed E-state index contributed by atoms with van der Waals surface area (Å²) in [6, 6.07) is 11.8. The van der Waals surface area contributed by atoms with Crippen molar-refractivity contribution in [3.8, 4) is 0 Å². The van der Waals surface area contributed by atoms with Crippen molar-refractivity contribution in [3.05, 3.63) is 65.7 Å². The van der Waals surface area contributed by atoms with Crippen LogP contribution in [0, 0.1) is 5.82 Å². The second-order valence-electron chi connectivity index (χ2n) is 6.29. The van der Waals surface area contributed by atoms with Crippen LogP contribution in [0.3, 0.4) is 0 Å². The van der Waals surface area contributed by atoms with E-state index in [0.717, 1.165) is 12.1 Å². The van der Waals surface area contributed by atoms with Crippen LogP contribution in [0.25, 0.3) is 11.0 Å². The lowest BCUT2D eigenvalue weighted by atomic mass is 10.1. The summed E-state index contributed by atoms with van der Waals surface area (Å²) in [5.41, 5.74) is 0.753. The van der Waals surface area contributed by atoms with E-state index in [2.05, 4.69) is 0 Å². The summed E-state index contributed by atoms with van der Waals surface area (Å²) < 4.78 is 53.9. The number of rotatable bonds is 8. The number of halogens is 1. The summed E-state index contributed by atoms with van der Waals surface area (Å²) in [6.45, 7) is 1.49. The van der Waals surface area contributed by atoms with Gasteiger partial charge in [-0.3, -0.25) is 4.79 Å². The normalized spacial score (nSPS) is 11.4. The number of carbonyl (C=O) groups is 2. The zero-order valence-corrected chi connectivity index (χ0v) is 16.9. The summed E-state index contributed by atoms with van der Waals surface area (Å²) in [5, 5.41) is 0.576. The van der Waals surface area contributed by atoms with Crippen molar-refractivity contribution in [2.45, 2.75) is 24.8 Å². The Labute approximate surface area is 172 Å². The van der Waals surface area contributed by atoms with Crippen LogP contribution in [0.5, 0.6) is 0 Å². The first-order valence-corrected chi connectivity index (χ1v) is 10.8. The van der Waals surface area contributed by atoms with Crippen LogP contribution in [-0.4, -0.2) is 32.7 Å². The van der Waals surface area contributed by atoms with Gasteiger partial charge in [0.05, 0.1) is 24.3 Å². The average molecular weight is 434 g/mol. The SMILES string of the molecule is CCOC(=O)c1oc2ccccc2c1COC(=O)CCS(=O)(=O)c1ccccc1F. The van der Waals surface area contributed by atoms with Gasteiger partial charge in [0.25, 0.3) is 0 Å². The lowest BCUT2D eigenvalue weighted by Crippen LogP contribution is -2.15. The molecule has 158 valence electrons. The summed E-state index contributed by atoms with van der Waals surface area (Å²) in [6.07, 6.45) is -0.471. The zero-order chi connectivity index (χ0) is 21.7. The minimum Gasteiger partial charge on any atom is -0.461 e. The predicted molar refractivity (Wildman–Crippen MR) is 105 cm³/mol. The van der Waals surface area contributed by atoms with Gasteiger partial charge in [-0.1, -0.05) is 30.3 Å². The van der Waals surface area contributed by atoms with Crippen LogP contribution >= 0.6 is 0 Å². The first kappa shape index (κ1) is 21.5. The number of para-hydroxylation sites is 1. The lowest BCUT2D eigenvalue weighted by molar-refractivity contribution is -0.144. The molecule has 0 bridgehead atoms. The van der Waals surface area contributed by atoms with Crippen molar-refractivity contribution in [1.82, 2.24) is 0 Å². The van der Waals surface area contributed by atoms with Gasteiger partial charge in [0.1, 0.15) is 22.9 Å². The van der Waals surface area contributed by atoms with Gasteiger partial charge in [-0.15, -0.1) is 0 Å². The molecule has 0 aliphatic heterocycles. The molecule has 0 fully saturated rings. The summed E-state index contributed by atoms with van der Waals surface area (Å²) in [7, 11) is -3.99. The van der Waals surface area contributed by atoms with Gasteiger partial charge in [0.2, 0.25) is 5.76 Å². The third-order valence-electron chi connectivity index (χ3n) is 4.28. The molecule has 7 nitrogen and oxygen atoms in total. The largest absolute Gasteiger partial charge is 0.461 e. The van der Waals surface area contributed by atoms with E-state index in [1.807, 2.05) is 0 Å². The molecule has 9 heteroatoms. The van der Waals surface area contributed by atoms with Gasteiger partial charge in [0, 0.05) is 5.39 Å². The molecule has 0 aliphatic carbocycles. The van der Waals surface area contributed by atoms with Crippen LogP contribution in [-0.2, 0) is 30.7 Å². The highest BCUT2D eigenvalue weighted by molar-refractivity contribution is 7.91. The van der Waals surface area contributed by atoms with E-state index in [1.165, 1.54) is 12.1 Å². The van der Waals surface area contributed by atoms with Crippen molar-refractivity contribution < 1.29 is 36.3 Å². The second kappa shape index (κ2) is 9.08. The van der Waals surface area contributed by atoms with Gasteiger partial charge in [-0.2, -0.15) is 0 Å². The molecule has 0 atom stereocenters. The standard InChI is InChI=1S/C21H19FO7S/c1-2-27-21(24)20-15(14-7-3-5-9-17(14)29-20)13-28-19(23)11-12-30(25,26)18-10-6-4-8-16(18)22/h3-10H,2,11-13H2,1H3. The fourth-order valence-corrected chi connectivity index (χ4v) is 4.16. The Hall–Kier alpha value is -3.20. The molecule has 1 heterocycles. The number of furan rings is 1. The smallest absolute Gasteiger partial charge is 0.374 e. The number of sulfone groups is 1. The first-order valence-electron chi connectivity index (χ1n) is 9.14. The Balaban J connectivity index is 1.70. The molecule has 0 aliphatic rings. The van der Waals surface area contributed by atoms with Crippen LogP contribution in [0.1, 0.15) is 29.5 Å². The molecule has 0 spiro atoms. The van der Waals surface area contributed by atoms with Crippen molar-refractivity contribution >= 4 is 32.7 Å². The van der Waals surface area contributed by atoms with E-state index in [9.17, 15) is 22.4 Å².